The molecular weight excluding hydrogens is 737 g/mol. The number of rotatable bonds is 22. The molecule has 3 aromatic carbocycles. The number of unbranched alkanes of at least 4 members (excludes halogenated alkanes) is 3. The zero-order valence-electron chi connectivity index (χ0n) is 29.1. The van der Waals surface area contributed by atoms with Crippen LogP contribution in [0.15, 0.2) is 54.6 Å². The fourth-order valence-electron chi connectivity index (χ4n) is 4.36. The standard InChI is InChI=1S/C38H44BrF3O9/c1-4-7-16-46-35(43)29-13-10-26(19-32(29)40)49-23-38(22-39,24-50-27-11-14-30(33(41)20-27)36(44)47-17-8-5-2)25-51-28-12-15-31(34(42)21-28)37(45)48-18-9-6-3/h10-15,19-21H,4-9,16-18,22-25H2,1-3H3. The predicted molar refractivity (Wildman–Crippen MR) is 187 cm³/mol. The molecular formula is C38H44BrF3O9. The van der Waals surface area contributed by atoms with Crippen LogP contribution in [-0.2, 0) is 14.2 Å². The van der Waals surface area contributed by atoms with Crippen LogP contribution in [0.1, 0.15) is 90.4 Å². The predicted octanol–water partition coefficient (Wildman–Crippen LogP) is 8.89. The van der Waals surface area contributed by atoms with Gasteiger partial charge in [0.25, 0.3) is 0 Å². The van der Waals surface area contributed by atoms with Gasteiger partial charge in [0.2, 0.25) is 0 Å². The van der Waals surface area contributed by atoms with Crippen LogP contribution in [0.4, 0.5) is 13.2 Å². The quantitative estimate of drug-likeness (QED) is 0.0428. The molecule has 13 heteroatoms. The lowest BCUT2D eigenvalue weighted by atomic mass is 9.94. The second kappa shape index (κ2) is 21.2. The number of alkyl halides is 1. The van der Waals surface area contributed by atoms with Crippen molar-refractivity contribution in [3.8, 4) is 17.2 Å². The molecule has 0 fully saturated rings. The minimum Gasteiger partial charge on any atom is -0.493 e. The van der Waals surface area contributed by atoms with E-state index in [1.165, 1.54) is 36.4 Å². The second-order valence-electron chi connectivity index (χ2n) is 11.9. The van der Waals surface area contributed by atoms with Crippen LogP contribution in [-0.4, -0.2) is 62.9 Å². The molecule has 0 spiro atoms. The number of hydrogen-bond acceptors (Lipinski definition) is 9. The Morgan fingerprint density at radius 1 is 0.549 bits per heavy atom. The van der Waals surface area contributed by atoms with Gasteiger partial charge < -0.3 is 28.4 Å². The molecule has 0 aromatic heterocycles. The van der Waals surface area contributed by atoms with Gasteiger partial charge in [-0.15, -0.1) is 0 Å². The summed E-state index contributed by atoms with van der Waals surface area (Å²) in [6.07, 6.45) is 4.39. The van der Waals surface area contributed by atoms with Gasteiger partial charge in [-0.1, -0.05) is 56.0 Å². The summed E-state index contributed by atoms with van der Waals surface area (Å²) in [5.41, 5.74) is -1.78. The van der Waals surface area contributed by atoms with Gasteiger partial charge in [-0.05, 0) is 55.7 Å². The zero-order chi connectivity index (χ0) is 37.2. The lowest BCUT2D eigenvalue weighted by Crippen LogP contribution is -2.42. The second-order valence-corrected chi connectivity index (χ2v) is 12.5. The van der Waals surface area contributed by atoms with E-state index in [1.54, 1.807) is 0 Å². The van der Waals surface area contributed by atoms with E-state index in [0.29, 0.717) is 19.3 Å². The molecule has 0 saturated heterocycles. The highest BCUT2D eigenvalue weighted by Crippen LogP contribution is 2.29. The van der Waals surface area contributed by atoms with E-state index in [-0.39, 0.29) is 78.9 Å². The molecule has 0 bridgehead atoms. The molecule has 0 aliphatic heterocycles. The normalized spacial score (nSPS) is 11.1. The Kier molecular flexibility index (Phi) is 17.1. The first-order valence-corrected chi connectivity index (χ1v) is 18.0. The molecule has 0 atom stereocenters. The smallest absolute Gasteiger partial charge is 0.341 e. The highest BCUT2D eigenvalue weighted by atomic mass is 79.9. The average Bonchev–Trinajstić information content (AvgIpc) is 3.11. The van der Waals surface area contributed by atoms with E-state index < -0.39 is 40.8 Å². The first-order chi connectivity index (χ1) is 24.6. The molecule has 278 valence electrons. The molecule has 0 aliphatic rings. The highest BCUT2D eigenvalue weighted by Gasteiger charge is 2.34. The largest absolute Gasteiger partial charge is 0.493 e. The van der Waals surface area contributed by atoms with Crippen molar-refractivity contribution < 1.29 is 56.0 Å². The monoisotopic (exact) mass is 780 g/mol. The Morgan fingerprint density at radius 3 is 1.08 bits per heavy atom. The van der Waals surface area contributed by atoms with E-state index in [0.717, 1.165) is 37.5 Å². The molecule has 9 nitrogen and oxygen atoms in total. The number of hydrogen-bond donors (Lipinski definition) is 0. The summed E-state index contributed by atoms with van der Waals surface area (Å²) in [6.45, 7) is 5.89. The summed E-state index contributed by atoms with van der Waals surface area (Å²) in [7, 11) is 0. The first kappa shape index (κ1) is 41.2. The van der Waals surface area contributed by atoms with Crippen LogP contribution in [0, 0.1) is 22.9 Å². The first-order valence-electron chi connectivity index (χ1n) is 16.9. The van der Waals surface area contributed by atoms with Crippen LogP contribution in [0.2, 0.25) is 0 Å². The number of carbonyl (C=O) groups is 3. The minimum atomic E-state index is -1.06. The van der Waals surface area contributed by atoms with E-state index >= 15 is 0 Å². The summed E-state index contributed by atoms with van der Waals surface area (Å²) in [6, 6.07) is 11.2. The van der Waals surface area contributed by atoms with Crippen LogP contribution >= 0.6 is 15.9 Å². The van der Waals surface area contributed by atoms with E-state index in [4.69, 9.17) is 28.4 Å². The number of benzene rings is 3. The van der Waals surface area contributed by atoms with Crippen molar-refractivity contribution in [3.05, 3.63) is 88.7 Å². The van der Waals surface area contributed by atoms with Crippen LogP contribution < -0.4 is 14.2 Å². The molecule has 0 unspecified atom stereocenters. The number of carbonyl (C=O) groups excluding carboxylic acids is 3. The maximum Gasteiger partial charge on any atom is 0.341 e. The third-order valence-corrected chi connectivity index (χ3v) is 8.78. The summed E-state index contributed by atoms with van der Waals surface area (Å²) in [5, 5.41) is 0.180. The Hall–Kier alpha value is -4.26. The van der Waals surface area contributed by atoms with Gasteiger partial charge in [-0.3, -0.25) is 0 Å². The molecule has 0 N–H and O–H groups in total. The van der Waals surface area contributed by atoms with E-state index in [9.17, 15) is 27.6 Å². The molecule has 0 radical (unpaired) electrons. The molecule has 0 amide bonds. The van der Waals surface area contributed by atoms with Crippen molar-refractivity contribution in [2.75, 3.05) is 45.0 Å². The molecule has 51 heavy (non-hydrogen) atoms. The SMILES string of the molecule is CCCCOC(=O)c1ccc(OCC(CBr)(COc2ccc(C(=O)OCCCC)c(F)c2)COc2ccc(C(=O)OCCCC)c(F)c2)cc1F. The zero-order valence-corrected chi connectivity index (χ0v) is 30.7. The van der Waals surface area contributed by atoms with Crippen molar-refractivity contribution in [2.45, 2.75) is 59.3 Å². The van der Waals surface area contributed by atoms with Gasteiger partial charge in [0, 0.05) is 23.5 Å². The van der Waals surface area contributed by atoms with Crippen LogP contribution in [0.3, 0.4) is 0 Å². The molecule has 0 saturated carbocycles. The molecule has 0 heterocycles. The Bertz CT molecular complexity index is 1420. The van der Waals surface area contributed by atoms with Gasteiger partial charge in [0.15, 0.2) is 0 Å². The lowest BCUT2D eigenvalue weighted by molar-refractivity contribution is 0.0484. The van der Waals surface area contributed by atoms with Gasteiger partial charge in [-0.25, -0.2) is 27.6 Å². The van der Waals surface area contributed by atoms with Crippen LogP contribution in [0.25, 0.3) is 0 Å². The third-order valence-electron chi connectivity index (χ3n) is 7.59. The topological polar surface area (TPSA) is 107 Å². The summed E-state index contributed by atoms with van der Waals surface area (Å²) in [5.74, 6) is -4.58. The van der Waals surface area contributed by atoms with E-state index in [1.807, 2.05) is 20.8 Å². The maximum atomic E-state index is 14.9. The van der Waals surface area contributed by atoms with Gasteiger partial charge in [0.05, 0.1) is 41.9 Å². The molecule has 0 aliphatic carbocycles. The van der Waals surface area contributed by atoms with Gasteiger partial charge >= 0.3 is 17.9 Å². The third kappa shape index (κ3) is 12.8. The van der Waals surface area contributed by atoms with Crippen molar-refractivity contribution >= 4 is 33.8 Å². The fraction of sp³-hybridized carbons (Fsp3) is 0.447. The summed E-state index contributed by atoms with van der Waals surface area (Å²) >= 11 is 3.47. The fourth-order valence-corrected chi connectivity index (χ4v) is 4.85. The lowest BCUT2D eigenvalue weighted by Gasteiger charge is -2.31. The Morgan fingerprint density at radius 2 is 0.843 bits per heavy atom. The van der Waals surface area contributed by atoms with Crippen molar-refractivity contribution in [1.82, 2.24) is 0 Å². The van der Waals surface area contributed by atoms with Crippen LogP contribution in [0.5, 0.6) is 17.2 Å². The van der Waals surface area contributed by atoms with Crippen molar-refractivity contribution in [1.29, 1.82) is 0 Å². The Balaban J connectivity index is 1.79. The average molecular weight is 782 g/mol. The minimum absolute atomic E-state index is 0.0944. The van der Waals surface area contributed by atoms with E-state index in [2.05, 4.69) is 15.9 Å². The van der Waals surface area contributed by atoms with Crippen molar-refractivity contribution in [2.24, 2.45) is 5.41 Å². The maximum absolute atomic E-state index is 14.9. The number of halogens is 4. The molecule has 3 aromatic rings. The summed E-state index contributed by atoms with van der Waals surface area (Å²) < 4.78 is 77.9. The molecule has 3 rings (SSSR count). The number of ether oxygens (including phenoxy) is 6. The Labute approximate surface area is 304 Å². The van der Waals surface area contributed by atoms with Crippen molar-refractivity contribution in [3.63, 3.8) is 0 Å². The summed E-state index contributed by atoms with van der Waals surface area (Å²) in [4.78, 5) is 36.9. The van der Waals surface area contributed by atoms with Gasteiger partial charge in [0.1, 0.15) is 54.5 Å². The highest BCUT2D eigenvalue weighted by molar-refractivity contribution is 9.09. The number of esters is 3. The van der Waals surface area contributed by atoms with Gasteiger partial charge in [-0.2, -0.15) is 0 Å².